The summed E-state index contributed by atoms with van der Waals surface area (Å²) in [6.07, 6.45) is 5.20. The first-order valence-electron chi connectivity index (χ1n) is 6.59. The minimum absolute atomic E-state index is 0.172. The Morgan fingerprint density at radius 3 is 2.56 bits per heavy atom. The highest BCUT2D eigenvalue weighted by atomic mass is 16.1. The Morgan fingerprint density at radius 2 is 2.06 bits per heavy atom. The summed E-state index contributed by atoms with van der Waals surface area (Å²) in [6, 6.07) is 0. The van der Waals surface area contributed by atoms with E-state index in [2.05, 4.69) is 24.5 Å². The number of carbonyl (C=O) groups excluding carboxylic acids is 1. The maximum absolute atomic E-state index is 11.9. The molecule has 1 aliphatic heterocycles. The molecule has 0 radical (unpaired) electrons. The molecule has 1 saturated carbocycles. The second kappa shape index (κ2) is 4.74. The SMILES string of the molecule is CC(C(=O)NCC1(C)CCCC1)C1CNC1. The van der Waals surface area contributed by atoms with Crippen LogP contribution in [0.25, 0.3) is 0 Å². The van der Waals surface area contributed by atoms with Crippen molar-refractivity contribution < 1.29 is 4.79 Å². The summed E-state index contributed by atoms with van der Waals surface area (Å²) in [5.41, 5.74) is 0.368. The lowest BCUT2D eigenvalue weighted by molar-refractivity contribution is -0.127. The Hall–Kier alpha value is -0.570. The van der Waals surface area contributed by atoms with Crippen molar-refractivity contribution in [2.24, 2.45) is 17.3 Å². The molecule has 3 nitrogen and oxygen atoms in total. The fourth-order valence-corrected chi connectivity index (χ4v) is 2.75. The van der Waals surface area contributed by atoms with E-state index < -0.39 is 0 Å². The minimum atomic E-state index is 0.172. The molecule has 0 aromatic carbocycles. The van der Waals surface area contributed by atoms with Gasteiger partial charge in [0.15, 0.2) is 0 Å². The fourth-order valence-electron chi connectivity index (χ4n) is 2.75. The molecule has 1 saturated heterocycles. The van der Waals surface area contributed by atoms with Crippen molar-refractivity contribution in [3.63, 3.8) is 0 Å². The number of nitrogens with one attached hydrogen (secondary N) is 2. The first-order valence-corrected chi connectivity index (χ1v) is 6.59. The second-order valence-corrected chi connectivity index (χ2v) is 5.94. The molecule has 2 aliphatic rings. The summed E-state index contributed by atoms with van der Waals surface area (Å²) in [7, 11) is 0. The lowest BCUT2D eigenvalue weighted by Gasteiger charge is -2.32. The highest BCUT2D eigenvalue weighted by molar-refractivity contribution is 5.78. The van der Waals surface area contributed by atoms with Crippen molar-refractivity contribution in [1.82, 2.24) is 10.6 Å². The summed E-state index contributed by atoms with van der Waals surface area (Å²) in [5, 5.41) is 6.37. The summed E-state index contributed by atoms with van der Waals surface area (Å²) in [4.78, 5) is 11.9. The van der Waals surface area contributed by atoms with Gasteiger partial charge in [-0.15, -0.1) is 0 Å². The lowest BCUT2D eigenvalue weighted by atomic mass is 9.86. The molecule has 0 aromatic heterocycles. The highest BCUT2D eigenvalue weighted by Gasteiger charge is 2.32. The zero-order valence-electron chi connectivity index (χ0n) is 10.5. The molecule has 1 atom stereocenters. The van der Waals surface area contributed by atoms with Gasteiger partial charge >= 0.3 is 0 Å². The van der Waals surface area contributed by atoms with Gasteiger partial charge in [-0.3, -0.25) is 4.79 Å². The maximum Gasteiger partial charge on any atom is 0.223 e. The lowest BCUT2D eigenvalue weighted by Crippen LogP contribution is -2.50. The van der Waals surface area contributed by atoms with Gasteiger partial charge in [-0.2, -0.15) is 0 Å². The van der Waals surface area contributed by atoms with Crippen molar-refractivity contribution in [2.75, 3.05) is 19.6 Å². The third-order valence-corrected chi connectivity index (χ3v) is 4.43. The largest absolute Gasteiger partial charge is 0.355 e. The molecular formula is C13H24N2O. The molecule has 1 amide bonds. The average Bonchev–Trinajstić information content (AvgIpc) is 2.59. The summed E-state index contributed by atoms with van der Waals surface area (Å²) in [6.45, 7) is 7.24. The first-order chi connectivity index (χ1) is 7.61. The Balaban J connectivity index is 1.74. The van der Waals surface area contributed by atoms with Gasteiger partial charge in [0, 0.05) is 12.5 Å². The van der Waals surface area contributed by atoms with Crippen LogP contribution in [0.4, 0.5) is 0 Å². The van der Waals surface area contributed by atoms with E-state index in [4.69, 9.17) is 0 Å². The number of hydrogen-bond acceptors (Lipinski definition) is 2. The van der Waals surface area contributed by atoms with Crippen molar-refractivity contribution in [3.8, 4) is 0 Å². The van der Waals surface area contributed by atoms with E-state index in [1.807, 2.05) is 0 Å². The van der Waals surface area contributed by atoms with Crippen LogP contribution in [0.2, 0.25) is 0 Å². The van der Waals surface area contributed by atoms with Crippen LogP contribution in [0.5, 0.6) is 0 Å². The van der Waals surface area contributed by atoms with Gasteiger partial charge in [-0.1, -0.05) is 26.7 Å². The second-order valence-electron chi connectivity index (χ2n) is 5.94. The van der Waals surface area contributed by atoms with Crippen LogP contribution in [-0.4, -0.2) is 25.5 Å². The van der Waals surface area contributed by atoms with E-state index in [9.17, 15) is 4.79 Å². The molecule has 2 rings (SSSR count). The third-order valence-electron chi connectivity index (χ3n) is 4.43. The minimum Gasteiger partial charge on any atom is -0.355 e. The number of rotatable bonds is 4. The predicted molar refractivity (Wildman–Crippen MR) is 65.1 cm³/mol. The molecule has 0 aromatic rings. The van der Waals surface area contributed by atoms with E-state index >= 15 is 0 Å². The summed E-state index contributed by atoms with van der Waals surface area (Å²) in [5.74, 6) is 0.974. The molecule has 3 heteroatoms. The third kappa shape index (κ3) is 2.57. The smallest absolute Gasteiger partial charge is 0.223 e. The van der Waals surface area contributed by atoms with Gasteiger partial charge in [-0.25, -0.2) is 0 Å². The number of hydrogen-bond donors (Lipinski definition) is 2. The summed E-state index contributed by atoms with van der Waals surface area (Å²) < 4.78 is 0. The van der Waals surface area contributed by atoms with E-state index in [0.717, 1.165) is 19.6 Å². The molecule has 1 aliphatic carbocycles. The van der Waals surface area contributed by atoms with Crippen LogP contribution in [-0.2, 0) is 4.79 Å². The van der Waals surface area contributed by atoms with Gasteiger partial charge in [0.25, 0.3) is 0 Å². The topological polar surface area (TPSA) is 41.1 Å². The number of amides is 1. The Morgan fingerprint density at radius 1 is 1.44 bits per heavy atom. The van der Waals surface area contributed by atoms with E-state index in [1.54, 1.807) is 0 Å². The van der Waals surface area contributed by atoms with Crippen molar-refractivity contribution in [1.29, 1.82) is 0 Å². The molecule has 92 valence electrons. The molecule has 16 heavy (non-hydrogen) atoms. The highest BCUT2D eigenvalue weighted by Crippen LogP contribution is 2.36. The van der Waals surface area contributed by atoms with Gasteiger partial charge in [0.2, 0.25) is 5.91 Å². The molecule has 1 unspecified atom stereocenters. The van der Waals surface area contributed by atoms with E-state index in [-0.39, 0.29) is 11.8 Å². The van der Waals surface area contributed by atoms with Crippen LogP contribution in [0, 0.1) is 17.3 Å². The zero-order chi connectivity index (χ0) is 11.6. The monoisotopic (exact) mass is 224 g/mol. The van der Waals surface area contributed by atoms with Crippen LogP contribution < -0.4 is 10.6 Å². The van der Waals surface area contributed by atoms with Crippen LogP contribution in [0.3, 0.4) is 0 Å². The van der Waals surface area contributed by atoms with Gasteiger partial charge in [0.1, 0.15) is 0 Å². The molecule has 2 N–H and O–H groups in total. The van der Waals surface area contributed by atoms with Gasteiger partial charge in [-0.05, 0) is 37.3 Å². The van der Waals surface area contributed by atoms with E-state index in [1.165, 1.54) is 25.7 Å². The Kier molecular flexibility index (Phi) is 3.53. The molecule has 2 fully saturated rings. The normalized spacial score (nSPS) is 26.1. The first kappa shape index (κ1) is 11.9. The van der Waals surface area contributed by atoms with Gasteiger partial charge in [0.05, 0.1) is 0 Å². The Labute approximate surface area is 98.4 Å². The molecule has 1 heterocycles. The zero-order valence-corrected chi connectivity index (χ0v) is 10.5. The van der Waals surface area contributed by atoms with E-state index in [0.29, 0.717) is 11.3 Å². The molecular weight excluding hydrogens is 200 g/mol. The van der Waals surface area contributed by atoms with Crippen LogP contribution in [0.1, 0.15) is 39.5 Å². The standard InChI is InChI=1S/C13H24N2O/c1-10(11-7-14-8-11)12(16)15-9-13(2)5-3-4-6-13/h10-11,14H,3-9H2,1-2H3,(H,15,16). The quantitative estimate of drug-likeness (QED) is 0.760. The fraction of sp³-hybridized carbons (Fsp3) is 0.923. The average molecular weight is 224 g/mol. The van der Waals surface area contributed by atoms with Gasteiger partial charge < -0.3 is 10.6 Å². The molecule has 0 bridgehead atoms. The van der Waals surface area contributed by atoms with Crippen molar-refractivity contribution in [2.45, 2.75) is 39.5 Å². The number of carbonyl (C=O) groups is 1. The predicted octanol–water partition coefficient (Wildman–Crippen LogP) is 1.54. The van der Waals surface area contributed by atoms with Crippen LogP contribution in [0.15, 0.2) is 0 Å². The maximum atomic E-state index is 11.9. The Bertz CT molecular complexity index is 255. The van der Waals surface area contributed by atoms with Crippen molar-refractivity contribution >= 4 is 5.91 Å². The summed E-state index contributed by atoms with van der Waals surface area (Å²) >= 11 is 0. The van der Waals surface area contributed by atoms with Crippen molar-refractivity contribution in [3.05, 3.63) is 0 Å². The molecule has 0 spiro atoms. The van der Waals surface area contributed by atoms with Crippen LogP contribution >= 0.6 is 0 Å².